The number of cyclic esters (lactones) is 2. The van der Waals surface area contributed by atoms with Crippen LogP contribution in [0.4, 0.5) is 0 Å². The summed E-state index contributed by atoms with van der Waals surface area (Å²) in [4.78, 5) is 23.2. The number of hydrogen-bond donors (Lipinski definition) is 1. The van der Waals surface area contributed by atoms with Crippen molar-refractivity contribution in [2.75, 3.05) is 6.54 Å². The number of carbonyl (C=O) groups excluding carboxylic acids is 2. The number of ether oxygens (including phenoxy) is 1. The van der Waals surface area contributed by atoms with E-state index in [1.54, 1.807) is 0 Å². The molecule has 0 aromatic heterocycles. The molecule has 0 spiro atoms. The van der Waals surface area contributed by atoms with E-state index in [1.807, 2.05) is 91.0 Å². The van der Waals surface area contributed by atoms with Crippen molar-refractivity contribution in [2.24, 2.45) is 0 Å². The quantitative estimate of drug-likeness (QED) is 0.190. The van der Waals surface area contributed by atoms with E-state index < -0.39 is 26.8 Å². The average Bonchev–Trinajstić information content (AvgIpc) is 2.85. The molecule has 1 saturated heterocycles. The summed E-state index contributed by atoms with van der Waals surface area (Å²) in [6.45, 7) is 0.511. The molecule has 8 heteroatoms. The minimum Gasteiger partial charge on any atom is -0.483 e. The first-order valence-electron chi connectivity index (χ1n) is 11.3. The molecule has 7 nitrogen and oxygen atoms in total. The van der Waals surface area contributed by atoms with Crippen LogP contribution in [-0.2, 0) is 14.3 Å². The Morgan fingerprint density at radius 3 is 1.68 bits per heavy atom. The summed E-state index contributed by atoms with van der Waals surface area (Å²) in [5.41, 5.74) is 0. The molecule has 1 aliphatic heterocycles. The van der Waals surface area contributed by atoms with Crippen LogP contribution in [0.2, 0.25) is 6.04 Å². The Kier molecular flexibility index (Phi) is 7.95. The van der Waals surface area contributed by atoms with E-state index >= 15 is 0 Å². The van der Waals surface area contributed by atoms with E-state index in [4.69, 9.17) is 18.0 Å². The highest BCUT2D eigenvalue weighted by molar-refractivity contribution is 6.63. The Hall–Kier alpha value is -3.62. The van der Waals surface area contributed by atoms with Crippen LogP contribution in [0, 0.1) is 0 Å². The first-order valence-corrected chi connectivity index (χ1v) is 13.3. The zero-order chi connectivity index (χ0) is 23.6. The number of hydrogen-bond acceptors (Lipinski definition) is 7. The molecule has 176 valence electrons. The Labute approximate surface area is 200 Å². The highest BCUT2D eigenvalue weighted by atomic mass is 28.4. The minimum atomic E-state index is -3.34. The second-order valence-electron chi connectivity index (χ2n) is 7.87. The molecule has 1 N–H and O–H groups in total. The number of nitrogens with one attached hydrogen (secondary N) is 1. The van der Waals surface area contributed by atoms with Crippen molar-refractivity contribution in [1.82, 2.24) is 5.32 Å². The fraction of sp³-hybridized carbons (Fsp3) is 0.231. The van der Waals surface area contributed by atoms with Gasteiger partial charge in [0.25, 0.3) is 0 Å². The van der Waals surface area contributed by atoms with Crippen molar-refractivity contribution in [1.29, 1.82) is 0 Å². The predicted molar refractivity (Wildman–Crippen MR) is 129 cm³/mol. The molecule has 0 saturated carbocycles. The lowest BCUT2D eigenvalue weighted by Crippen LogP contribution is -2.55. The summed E-state index contributed by atoms with van der Waals surface area (Å²) < 4.78 is 24.1. The van der Waals surface area contributed by atoms with E-state index in [0.29, 0.717) is 42.7 Å². The highest BCUT2D eigenvalue weighted by Gasteiger charge is 2.49. The van der Waals surface area contributed by atoms with Gasteiger partial charge in [-0.25, -0.2) is 4.79 Å². The number of rotatable bonds is 11. The standard InChI is InChI=1S/C26H27NO6Si/c28-25-18-17-24(26(29)30-25)27-19-10-20-34(31-21-11-4-1-5-12-21,32-22-13-6-2-7-14-22)33-23-15-8-3-9-16-23/h1-9,11-16,24,27H,10,17-20H2/t24-/m0/s1. The molecular formula is C26H27NO6Si. The summed E-state index contributed by atoms with van der Waals surface area (Å²) in [5.74, 6) is 0.967. The van der Waals surface area contributed by atoms with Crippen LogP contribution in [-0.4, -0.2) is 33.3 Å². The maximum Gasteiger partial charge on any atom is 0.699 e. The van der Waals surface area contributed by atoms with Gasteiger partial charge in [0.05, 0.1) is 6.04 Å². The van der Waals surface area contributed by atoms with Gasteiger partial charge in [0.15, 0.2) is 0 Å². The lowest BCUT2D eigenvalue weighted by Gasteiger charge is -2.30. The average molecular weight is 478 g/mol. The number of esters is 2. The fourth-order valence-electron chi connectivity index (χ4n) is 3.60. The first-order chi connectivity index (χ1) is 16.6. The molecule has 0 aliphatic carbocycles. The number of benzene rings is 3. The molecule has 3 aromatic carbocycles. The highest BCUT2D eigenvalue weighted by Crippen LogP contribution is 2.27. The van der Waals surface area contributed by atoms with Crippen LogP contribution < -0.4 is 18.6 Å². The van der Waals surface area contributed by atoms with E-state index in [9.17, 15) is 9.59 Å². The molecule has 0 radical (unpaired) electrons. The van der Waals surface area contributed by atoms with E-state index in [1.165, 1.54) is 0 Å². The molecule has 1 atom stereocenters. The van der Waals surface area contributed by atoms with Gasteiger partial charge in [-0.3, -0.25) is 4.79 Å². The molecule has 0 bridgehead atoms. The van der Waals surface area contributed by atoms with Gasteiger partial charge in [-0.05, 0) is 55.8 Å². The van der Waals surface area contributed by atoms with Gasteiger partial charge >= 0.3 is 20.7 Å². The van der Waals surface area contributed by atoms with Crippen molar-refractivity contribution in [2.45, 2.75) is 31.3 Å². The van der Waals surface area contributed by atoms with Crippen molar-refractivity contribution in [3.63, 3.8) is 0 Å². The smallest absolute Gasteiger partial charge is 0.483 e. The van der Waals surface area contributed by atoms with Crippen molar-refractivity contribution in [3.8, 4) is 17.2 Å². The third-order valence-corrected chi connectivity index (χ3v) is 7.84. The molecule has 1 fully saturated rings. The van der Waals surface area contributed by atoms with Crippen LogP contribution >= 0.6 is 0 Å². The SMILES string of the molecule is O=C1CC[C@H](NCCC[Si](Oc2ccccc2)(Oc2ccccc2)Oc2ccccc2)C(=O)O1. The third-order valence-electron chi connectivity index (χ3n) is 5.24. The molecule has 0 unspecified atom stereocenters. The third kappa shape index (κ3) is 6.69. The molecule has 4 rings (SSSR count). The van der Waals surface area contributed by atoms with Crippen LogP contribution in [0.15, 0.2) is 91.0 Å². The fourth-order valence-corrected chi connectivity index (χ4v) is 6.13. The van der Waals surface area contributed by atoms with Gasteiger partial charge in [-0.1, -0.05) is 54.6 Å². The minimum absolute atomic E-state index is 0.230. The Bertz CT molecular complexity index is 963. The Balaban J connectivity index is 1.52. The zero-order valence-corrected chi connectivity index (χ0v) is 19.7. The molecular weight excluding hydrogens is 450 g/mol. The Morgan fingerprint density at radius 1 is 0.765 bits per heavy atom. The zero-order valence-electron chi connectivity index (χ0n) is 18.7. The van der Waals surface area contributed by atoms with Crippen LogP contribution in [0.25, 0.3) is 0 Å². The summed E-state index contributed by atoms with van der Waals surface area (Å²) in [7, 11) is -3.34. The maximum atomic E-state index is 11.9. The van der Waals surface area contributed by atoms with Gasteiger partial charge in [0, 0.05) is 6.42 Å². The Morgan fingerprint density at radius 2 is 1.24 bits per heavy atom. The van der Waals surface area contributed by atoms with Crippen molar-refractivity contribution >= 4 is 20.7 Å². The van der Waals surface area contributed by atoms with Crippen LogP contribution in [0.1, 0.15) is 19.3 Å². The largest absolute Gasteiger partial charge is 0.699 e. The number of carbonyl (C=O) groups is 2. The maximum absolute atomic E-state index is 11.9. The van der Waals surface area contributed by atoms with Crippen molar-refractivity contribution in [3.05, 3.63) is 91.0 Å². The van der Waals surface area contributed by atoms with E-state index in [0.717, 1.165) is 0 Å². The topological polar surface area (TPSA) is 83.1 Å². The summed E-state index contributed by atoms with van der Waals surface area (Å²) in [6, 6.07) is 28.4. The summed E-state index contributed by atoms with van der Waals surface area (Å²) in [6.07, 6.45) is 1.28. The van der Waals surface area contributed by atoms with Gasteiger partial charge < -0.3 is 23.3 Å². The predicted octanol–water partition coefficient (Wildman–Crippen LogP) is 4.37. The lowest BCUT2D eigenvalue weighted by molar-refractivity contribution is -0.165. The van der Waals surface area contributed by atoms with Gasteiger partial charge in [0.1, 0.15) is 23.3 Å². The van der Waals surface area contributed by atoms with Gasteiger partial charge in [-0.2, -0.15) is 0 Å². The summed E-state index contributed by atoms with van der Waals surface area (Å²) in [5, 5.41) is 3.18. The molecule has 34 heavy (non-hydrogen) atoms. The lowest BCUT2D eigenvalue weighted by atomic mass is 10.1. The first kappa shape index (κ1) is 23.5. The molecule has 0 amide bonds. The van der Waals surface area contributed by atoms with Gasteiger partial charge in [-0.15, -0.1) is 0 Å². The van der Waals surface area contributed by atoms with Crippen molar-refractivity contribution < 1.29 is 27.6 Å². The normalized spacial score (nSPS) is 15.9. The number of para-hydroxylation sites is 3. The van der Waals surface area contributed by atoms with Crippen LogP contribution in [0.3, 0.4) is 0 Å². The molecule has 3 aromatic rings. The van der Waals surface area contributed by atoms with Crippen LogP contribution in [0.5, 0.6) is 17.2 Å². The molecule has 1 heterocycles. The van der Waals surface area contributed by atoms with Gasteiger partial charge in [0.2, 0.25) is 0 Å². The van der Waals surface area contributed by atoms with E-state index in [2.05, 4.69) is 5.32 Å². The molecule has 1 aliphatic rings. The van der Waals surface area contributed by atoms with E-state index in [-0.39, 0.29) is 6.42 Å². The second-order valence-corrected chi connectivity index (χ2v) is 10.3. The second kappa shape index (κ2) is 11.5. The summed E-state index contributed by atoms with van der Waals surface area (Å²) >= 11 is 0. The monoisotopic (exact) mass is 477 g/mol.